The van der Waals surface area contributed by atoms with Gasteiger partial charge in [0, 0.05) is 13.1 Å². The van der Waals surface area contributed by atoms with Crippen molar-refractivity contribution >= 4 is 21.9 Å². The predicted molar refractivity (Wildman–Crippen MR) is 108 cm³/mol. The summed E-state index contributed by atoms with van der Waals surface area (Å²) < 4.78 is 38.3. The van der Waals surface area contributed by atoms with E-state index in [0.717, 1.165) is 0 Å². The van der Waals surface area contributed by atoms with Crippen LogP contribution in [0.5, 0.6) is 5.75 Å². The smallest absolute Gasteiger partial charge is 0.310 e. The Morgan fingerprint density at radius 3 is 2.45 bits per heavy atom. The summed E-state index contributed by atoms with van der Waals surface area (Å²) in [7, 11) is -2.40. The van der Waals surface area contributed by atoms with Crippen LogP contribution in [-0.4, -0.2) is 58.0 Å². The number of piperidine rings is 1. The molecule has 1 aliphatic heterocycles. The number of ether oxygens (including phenoxy) is 2. The van der Waals surface area contributed by atoms with Crippen molar-refractivity contribution in [1.82, 2.24) is 9.62 Å². The Morgan fingerprint density at radius 1 is 1.24 bits per heavy atom. The highest BCUT2D eigenvalue weighted by molar-refractivity contribution is 7.89. The van der Waals surface area contributed by atoms with Crippen molar-refractivity contribution in [2.24, 2.45) is 11.8 Å². The van der Waals surface area contributed by atoms with E-state index >= 15 is 0 Å². The molecule has 1 aromatic rings. The van der Waals surface area contributed by atoms with Gasteiger partial charge >= 0.3 is 5.97 Å². The molecule has 8 nitrogen and oxygen atoms in total. The molecule has 1 N–H and O–H groups in total. The summed E-state index contributed by atoms with van der Waals surface area (Å²) in [5, 5.41) is 0. The third-order valence-electron chi connectivity index (χ3n) is 4.94. The molecular formula is C20H30N2O6S. The van der Waals surface area contributed by atoms with Crippen molar-refractivity contribution in [2.45, 2.75) is 44.6 Å². The molecule has 0 bridgehead atoms. The number of methoxy groups -OCH3 is 1. The summed E-state index contributed by atoms with van der Waals surface area (Å²) in [6, 6.07) is 5.04. The van der Waals surface area contributed by atoms with E-state index in [4.69, 9.17) is 9.47 Å². The van der Waals surface area contributed by atoms with Gasteiger partial charge in [-0.25, -0.2) is 8.42 Å². The maximum absolute atomic E-state index is 13.1. The number of nitrogens with one attached hydrogen (secondary N) is 1. The van der Waals surface area contributed by atoms with E-state index in [1.165, 1.54) is 19.2 Å². The number of hydrogen-bond acceptors (Lipinski definition) is 6. The topological polar surface area (TPSA) is 102 Å². The Labute approximate surface area is 172 Å². The fraction of sp³-hybridized carbons (Fsp3) is 0.600. The summed E-state index contributed by atoms with van der Waals surface area (Å²) in [5.41, 5.74) is 0. The zero-order chi connectivity index (χ0) is 21.6. The zero-order valence-corrected chi connectivity index (χ0v) is 18.2. The van der Waals surface area contributed by atoms with Crippen LogP contribution < -0.4 is 9.46 Å². The Balaban J connectivity index is 2.15. The van der Waals surface area contributed by atoms with Crippen LogP contribution in [0, 0.1) is 11.8 Å². The van der Waals surface area contributed by atoms with Gasteiger partial charge in [0.2, 0.25) is 15.9 Å². The molecule has 0 spiro atoms. The SMILES string of the molecule is CCOC(=O)C1CCCN(C(=O)[C@@H](NS(=O)(=O)c2ccc(OC)cc2)C(C)C)C1. The predicted octanol–water partition coefficient (Wildman–Crippen LogP) is 1.80. The molecule has 2 rings (SSSR count). The lowest BCUT2D eigenvalue weighted by Gasteiger charge is -2.35. The molecule has 9 heteroatoms. The number of hydrogen-bond donors (Lipinski definition) is 1. The molecular weight excluding hydrogens is 396 g/mol. The molecule has 1 saturated heterocycles. The highest BCUT2D eigenvalue weighted by Crippen LogP contribution is 2.21. The number of esters is 1. The molecule has 1 aromatic carbocycles. The number of likely N-dealkylation sites (tertiary alicyclic amines) is 1. The van der Waals surface area contributed by atoms with Gasteiger partial charge in [0.25, 0.3) is 0 Å². The lowest BCUT2D eigenvalue weighted by atomic mass is 9.96. The van der Waals surface area contributed by atoms with Gasteiger partial charge in [-0.2, -0.15) is 4.72 Å². The average Bonchev–Trinajstić information content (AvgIpc) is 2.71. The second kappa shape index (κ2) is 10.1. The quantitative estimate of drug-likeness (QED) is 0.636. The van der Waals surface area contributed by atoms with Crippen molar-refractivity contribution in [3.05, 3.63) is 24.3 Å². The molecule has 1 heterocycles. The summed E-state index contributed by atoms with van der Waals surface area (Å²) in [6.07, 6.45) is 1.33. The van der Waals surface area contributed by atoms with Crippen LogP contribution in [0.25, 0.3) is 0 Å². The molecule has 0 aromatic heterocycles. The Morgan fingerprint density at radius 2 is 1.90 bits per heavy atom. The molecule has 0 saturated carbocycles. The molecule has 0 aliphatic carbocycles. The Bertz CT molecular complexity index is 807. The summed E-state index contributed by atoms with van der Waals surface area (Å²) in [6.45, 7) is 6.33. The highest BCUT2D eigenvalue weighted by Gasteiger charge is 2.35. The maximum atomic E-state index is 13.1. The zero-order valence-electron chi connectivity index (χ0n) is 17.4. The number of carbonyl (C=O) groups is 2. The van der Waals surface area contributed by atoms with E-state index in [2.05, 4.69) is 4.72 Å². The number of carbonyl (C=O) groups excluding carboxylic acids is 2. The van der Waals surface area contributed by atoms with Gasteiger partial charge in [-0.05, 0) is 49.9 Å². The Kier molecular flexibility index (Phi) is 8.04. The lowest BCUT2D eigenvalue weighted by molar-refractivity contribution is -0.151. The number of nitrogens with zero attached hydrogens (tertiary/aromatic N) is 1. The van der Waals surface area contributed by atoms with Crippen LogP contribution in [0.15, 0.2) is 29.2 Å². The van der Waals surface area contributed by atoms with E-state index in [1.54, 1.807) is 37.8 Å². The van der Waals surface area contributed by atoms with E-state index < -0.39 is 16.1 Å². The lowest BCUT2D eigenvalue weighted by Crippen LogP contribution is -2.54. The first kappa shape index (κ1) is 23.2. The van der Waals surface area contributed by atoms with Gasteiger partial charge in [-0.1, -0.05) is 13.8 Å². The van der Waals surface area contributed by atoms with Gasteiger partial charge in [0.1, 0.15) is 11.8 Å². The number of benzene rings is 1. The van der Waals surface area contributed by atoms with Crippen molar-refractivity contribution in [3.63, 3.8) is 0 Å². The monoisotopic (exact) mass is 426 g/mol. The number of amides is 1. The van der Waals surface area contributed by atoms with Gasteiger partial charge in [-0.15, -0.1) is 0 Å². The maximum Gasteiger partial charge on any atom is 0.310 e. The minimum absolute atomic E-state index is 0.0554. The molecule has 1 aliphatic rings. The normalized spacial score (nSPS) is 18.4. The van der Waals surface area contributed by atoms with Crippen LogP contribution in [-0.2, 0) is 24.3 Å². The molecule has 2 atom stereocenters. The second-order valence-electron chi connectivity index (χ2n) is 7.39. The number of sulfonamides is 1. The fourth-order valence-corrected chi connectivity index (χ4v) is 4.63. The van der Waals surface area contributed by atoms with Crippen LogP contribution in [0.3, 0.4) is 0 Å². The first-order valence-electron chi connectivity index (χ1n) is 9.81. The molecule has 29 heavy (non-hydrogen) atoms. The van der Waals surface area contributed by atoms with Crippen molar-refractivity contribution in [3.8, 4) is 5.75 Å². The Hall–Kier alpha value is -2.13. The van der Waals surface area contributed by atoms with Gasteiger partial charge < -0.3 is 14.4 Å². The average molecular weight is 427 g/mol. The summed E-state index contributed by atoms with van der Waals surface area (Å²) in [5.74, 6) is -0.744. The van der Waals surface area contributed by atoms with Crippen molar-refractivity contribution < 1.29 is 27.5 Å². The van der Waals surface area contributed by atoms with Crippen molar-refractivity contribution in [2.75, 3.05) is 26.8 Å². The van der Waals surface area contributed by atoms with Crippen LogP contribution >= 0.6 is 0 Å². The molecule has 1 fully saturated rings. The minimum Gasteiger partial charge on any atom is -0.497 e. The minimum atomic E-state index is -3.90. The summed E-state index contributed by atoms with van der Waals surface area (Å²) >= 11 is 0. The van der Waals surface area contributed by atoms with E-state index in [9.17, 15) is 18.0 Å². The third-order valence-corrected chi connectivity index (χ3v) is 6.39. The van der Waals surface area contributed by atoms with E-state index in [1.807, 2.05) is 0 Å². The van der Waals surface area contributed by atoms with E-state index in [0.29, 0.717) is 31.7 Å². The first-order valence-corrected chi connectivity index (χ1v) is 11.3. The second-order valence-corrected chi connectivity index (χ2v) is 9.11. The van der Waals surface area contributed by atoms with Crippen molar-refractivity contribution in [1.29, 1.82) is 0 Å². The fourth-order valence-electron chi connectivity index (χ4n) is 3.29. The number of rotatable bonds is 8. The standard InChI is InChI=1S/C20H30N2O6S/c1-5-28-20(24)15-7-6-12-22(13-15)19(23)18(14(2)3)21-29(25,26)17-10-8-16(27-4)9-11-17/h8-11,14-15,18,21H,5-7,12-13H2,1-4H3/t15?,18-/m0/s1. The van der Waals surface area contributed by atoms with Gasteiger partial charge in [0.05, 0.1) is 24.5 Å². The molecule has 0 radical (unpaired) electrons. The van der Waals surface area contributed by atoms with Gasteiger partial charge in [0.15, 0.2) is 0 Å². The van der Waals surface area contributed by atoms with Crippen LogP contribution in [0.1, 0.15) is 33.6 Å². The molecule has 1 amide bonds. The van der Waals surface area contributed by atoms with E-state index in [-0.39, 0.29) is 35.2 Å². The highest BCUT2D eigenvalue weighted by atomic mass is 32.2. The van der Waals surface area contributed by atoms with Crippen LogP contribution in [0.4, 0.5) is 0 Å². The van der Waals surface area contributed by atoms with Crippen LogP contribution in [0.2, 0.25) is 0 Å². The molecule has 162 valence electrons. The van der Waals surface area contributed by atoms with Gasteiger partial charge in [-0.3, -0.25) is 9.59 Å². The molecule has 1 unspecified atom stereocenters. The first-order chi connectivity index (χ1) is 13.7. The summed E-state index contributed by atoms with van der Waals surface area (Å²) in [4.78, 5) is 26.8. The largest absolute Gasteiger partial charge is 0.497 e. The third kappa shape index (κ3) is 5.93.